The quantitative estimate of drug-likeness (QED) is 0.569. The molecule has 10 heteroatoms. The van der Waals surface area contributed by atoms with Gasteiger partial charge in [-0.2, -0.15) is 0 Å². The molecule has 1 amide bonds. The molecule has 0 radical (unpaired) electrons. The maximum Gasteiger partial charge on any atom is 0.407 e. The van der Waals surface area contributed by atoms with Gasteiger partial charge in [0.25, 0.3) is 0 Å². The zero-order valence-electron chi connectivity index (χ0n) is 17.2. The van der Waals surface area contributed by atoms with Crippen LogP contribution in [0.15, 0.2) is 57.9 Å². The van der Waals surface area contributed by atoms with Gasteiger partial charge in [0.2, 0.25) is 9.84 Å². The van der Waals surface area contributed by atoms with Gasteiger partial charge in [-0.25, -0.2) is 22.6 Å². The summed E-state index contributed by atoms with van der Waals surface area (Å²) in [6.45, 7) is 5.80. The summed E-state index contributed by atoms with van der Waals surface area (Å²) >= 11 is 0.838. The van der Waals surface area contributed by atoms with E-state index < -0.39 is 21.7 Å². The van der Waals surface area contributed by atoms with Crippen LogP contribution in [0.2, 0.25) is 0 Å². The number of halogens is 1. The highest BCUT2D eigenvalue weighted by atomic mass is 32.2. The van der Waals surface area contributed by atoms with Crippen molar-refractivity contribution in [2.75, 3.05) is 6.54 Å². The molecule has 2 aromatic heterocycles. The van der Waals surface area contributed by atoms with Crippen LogP contribution in [0.5, 0.6) is 0 Å². The molecule has 3 rings (SSSR count). The van der Waals surface area contributed by atoms with Crippen molar-refractivity contribution in [1.82, 2.24) is 14.9 Å². The Balaban J connectivity index is 2.13. The molecule has 0 aliphatic rings. The lowest BCUT2D eigenvalue weighted by atomic mass is 9.96. The fraction of sp³-hybridized carbons (Fsp3) is 0.286. The average Bonchev–Trinajstić information content (AvgIpc) is 3.12. The number of carboxylic acid groups (broad SMARTS) is 1. The molecule has 164 valence electrons. The van der Waals surface area contributed by atoms with Gasteiger partial charge in [0.15, 0.2) is 4.21 Å². The smallest absolute Gasteiger partial charge is 0.407 e. The normalized spacial score (nSPS) is 12.0. The zero-order chi connectivity index (χ0) is 22.8. The number of amides is 1. The number of sulfone groups is 1. The minimum absolute atomic E-state index is 0.0326. The van der Waals surface area contributed by atoms with Crippen LogP contribution < -0.4 is 0 Å². The molecule has 0 spiro atoms. The van der Waals surface area contributed by atoms with Crippen LogP contribution in [-0.4, -0.2) is 41.0 Å². The third-order valence-electron chi connectivity index (χ3n) is 4.22. The lowest BCUT2D eigenvalue weighted by molar-refractivity contribution is 0.123. The molecule has 0 saturated carbocycles. The Morgan fingerprint density at radius 3 is 2.48 bits per heavy atom. The first-order chi connectivity index (χ1) is 14.5. The van der Waals surface area contributed by atoms with E-state index in [1.54, 1.807) is 6.07 Å². The Morgan fingerprint density at radius 1 is 1.19 bits per heavy atom. The third kappa shape index (κ3) is 5.26. The maximum atomic E-state index is 14.5. The van der Waals surface area contributed by atoms with Crippen molar-refractivity contribution in [3.63, 3.8) is 0 Å². The van der Waals surface area contributed by atoms with Crippen molar-refractivity contribution in [1.29, 1.82) is 0 Å². The van der Waals surface area contributed by atoms with Crippen LogP contribution >= 0.6 is 11.3 Å². The molecule has 1 aromatic carbocycles. The van der Waals surface area contributed by atoms with Gasteiger partial charge in [-0.3, -0.25) is 4.98 Å². The van der Waals surface area contributed by atoms with Gasteiger partial charge in [0.1, 0.15) is 16.5 Å². The van der Waals surface area contributed by atoms with E-state index in [-0.39, 0.29) is 43.9 Å². The summed E-state index contributed by atoms with van der Waals surface area (Å²) in [7, 11) is -4.04. The highest BCUT2D eigenvalue weighted by Gasteiger charge is 2.30. The van der Waals surface area contributed by atoms with Crippen LogP contribution in [0.1, 0.15) is 25.8 Å². The summed E-state index contributed by atoms with van der Waals surface area (Å²) in [5.41, 5.74) is -0.317. The maximum absolute atomic E-state index is 14.5. The highest BCUT2D eigenvalue weighted by Crippen LogP contribution is 2.37. The van der Waals surface area contributed by atoms with E-state index in [1.165, 1.54) is 47.6 Å². The molecule has 7 nitrogen and oxygen atoms in total. The number of thiazole rings is 1. The third-order valence-corrected chi connectivity index (χ3v) is 7.51. The Kier molecular flexibility index (Phi) is 6.42. The minimum Gasteiger partial charge on any atom is -0.465 e. The lowest BCUT2D eigenvalue weighted by Crippen LogP contribution is -2.36. The number of hydrogen-bond donors (Lipinski definition) is 1. The second kappa shape index (κ2) is 8.72. The summed E-state index contributed by atoms with van der Waals surface area (Å²) in [5, 5.41) is 9.85. The molecule has 0 aliphatic carbocycles. The first-order valence-electron chi connectivity index (χ1n) is 9.36. The number of aromatic nitrogens is 2. The molecule has 0 unspecified atom stereocenters. The van der Waals surface area contributed by atoms with Crippen molar-refractivity contribution in [2.45, 2.75) is 36.4 Å². The average molecular weight is 464 g/mol. The predicted octanol–water partition coefficient (Wildman–Crippen LogP) is 4.70. The Bertz CT molecular complexity index is 1190. The monoisotopic (exact) mass is 463 g/mol. The largest absolute Gasteiger partial charge is 0.465 e. The van der Waals surface area contributed by atoms with E-state index in [2.05, 4.69) is 9.97 Å². The van der Waals surface area contributed by atoms with E-state index in [1.807, 2.05) is 20.8 Å². The summed E-state index contributed by atoms with van der Waals surface area (Å²) in [4.78, 5) is 21.1. The molecule has 1 N–H and O–H groups in total. The number of carbonyl (C=O) groups is 1. The summed E-state index contributed by atoms with van der Waals surface area (Å²) in [6.07, 6.45) is 1.52. The number of rotatable bonds is 6. The Labute approximate surface area is 184 Å². The van der Waals surface area contributed by atoms with Gasteiger partial charge in [-0.15, -0.1) is 11.3 Å². The van der Waals surface area contributed by atoms with Crippen molar-refractivity contribution in [2.24, 2.45) is 5.41 Å². The van der Waals surface area contributed by atoms with E-state index in [0.717, 1.165) is 11.3 Å². The molecule has 3 aromatic rings. The second-order valence-electron chi connectivity index (χ2n) is 8.11. The minimum atomic E-state index is -4.04. The topological polar surface area (TPSA) is 100 Å². The van der Waals surface area contributed by atoms with E-state index >= 15 is 0 Å². The first-order valence-corrected chi connectivity index (χ1v) is 11.7. The Hall–Kier alpha value is -2.85. The van der Waals surface area contributed by atoms with E-state index in [9.17, 15) is 22.7 Å². The molecule has 0 atom stereocenters. The zero-order valence-corrected chi connectivity index (χ0v) is 18.9. The summed E-state index contributed by atoms with van der Waals surface area (Å²) in [5.74, 6) is -0.619. The van der Waals surface area contributed by atoms with Crippen molar-refractivity contribution >= 4 is 27.3 Å². The van der Waals surface area contributed by atoms with Gasteiger partial charge in [-0.05, 0) is 29.7 Å². The predicted molar refractivity (Wildman–Crippen MR) is 115 cm³/mol. The SMILES string of the molecule is CC(C)(C)CN(Cc1nc(-c2ccccc2F)c(S(=O)(=O)c2cccnc2)s1)C(=O)O. The molecular formula is C21H22FN3O4S2. The number of nitrogens with zero attached hydrogens (tertiary/aromatic N) is 3. The number of benzene rings is 1. The Morgan fingerprint density at radius 2 is 1.90 bits per heavy atom. The van der Waals surface area contributed by atoms with Gasteiger partial charge in [0, 0.05) is 24.5 Å². The van der Waals surface area contributed by atoms with Crippen LogP contribution in [0.4, 0.5) is 9.18 Å². The van der Waals surface area contributed by atoms with Gasteiger partial charge >= 0.3 is 6.09 Å². The van der Waals surface area contributed by atoms with E-state index in [4.69, 9.17) is 0 Å². The fourth-order valence-corrected chi connectivity index (χ4v) is 5.88. The molecule has 2 heterocycles. The number of hydrogen-bond acceptors (Lipinski definition) is 6. The number of pyridine rings is 1. The van der Waals surface area contributed by atoms with Crippen LogP contribution in [-0.2, 0) is 16.4 Å². The van der Waals surface area contributed by atoms with Gasteiger partial charge in [0.05, 0.1) is 11.4 Å². The van der Waals surface area contributed by atoms with Crippen molar-refractivity contribution < 1.29 is 22.7 Å². The first kappa shape index (κ1) is 22.8. The molecule has 31 heavy (non-hydrogen) atoms. The fourth-order valence-electron chi connectivity index (χ4n) is 2.96. The van der Waals surface area contributed by atoms with Crippen molar-refractivity contribution in [3.05, 3.63) is 59.6 Å². The molecule has 0 saturated heterocycles. The molecule has 0 aliphatic heterocycles. The van der Waals surface area contributed by atoms with Crippen LogP contribution in [0.3, 0.4) is 0 Å². The lowest BCUT2D eigenvalue weighted by Gasteiger charge is -2.27. The molecule has 0 bridgehead atoms. The van der Waals surface area contributed by atoms with Crippen molar-refractivity contribution in [3.8, 4) is 11.3 Å². The van der Waals surface area contributed by atoms with Gasteiger partial charge in [-0.1, -0.05) is 32.9 Å². The van der Waals surface area contributed by atoms with Gasteiger partial charge < -0.3 is 10.0 Å². The molecule has 0 fully saturated rings. The molecular weight excluding hydrogens is 441 g/mol. The van der Waals surface area contributed by atoms with E-state index in [0.29, 0.717) is 0 Å². The summed E-state index contributed by atoms with van der Waals surface area (Å²) in [6, 6.07) is 8.64. The second-order valence-corrected chi connectivity index (χ2v) is 11.3. The van der Waals surface area contributed by atoms with Crippen LogP contribution in [0, 0.1) is 11.2 Å². The standard InChI is InChI=1S/C21H22FN3O4S2/c1-21(2,3)13-25(20(26)27)12-17-24-18(15-8-4-5-9-16(15)22)19(30-17)31(28,29)14-7-6-10-23-11-14/h4-11H,12-13H2,1-3H3,(H,26,27). The summed E-state index contributed by atoms with van der Waals surface area (Å²) < 4.78 is 40.9. The van der Waals surface area contributed by atoms with Crippen LogP contribution in [0.25, 0.3) is 11.3 Å². The highest BCUT2D eigenvalue weighted by molar-refractivity contribution is 7.93.